The molecule has 1 aliphatic carbocycles. The molecule has 0 amide bonds. The van der Waals surface area contributed by atoms with Gasteiger partial charge in [0, 0.05) is 12.0 Å². The number of ketones is 1. The zero-order valence-corrected chi connectivity index (χ0v) is 9.60. The van der Waals surface area contributed by atoms with E-state index in [0.29, 0.717) is 36.9 Å². The molecule has 0 aliphatic heterocycles. The van der Waals surface area contributed by atoms with Crippen LogP contribution < -0.4 is 5.73 Å². The molecule has 17 heavy (non-hydrogen) atoms. The first-order chi connectivity index (χ1) is 8.15. The van der Waals surface area contributed by atoms with E-state index in [1.54, 1.807) is 18.2 Å². The van der Waals surface area contributed by atoms with Gasteiger partial charge >= 0.3 is 0 Å². The first kappa shape index (κ1) is 12.2. The van der Waals surface area contributed by atoms with Gasteiger partial charge in [-0.25, -0.2) is 0 Å². The third kappa shape index (κ3) is 2.24. The van der Waals surface area contributed by atoms with Gasteiger partial charge in [-0.3, -0.25) is 4.79 Å². The zero-order valence-electron chi connectivity index (χ0n) is 9.60. The van der Waals surface area contributed by atoms with Crippen molar-refractivity contribution in [3.63, 3.8) is 0 Å². The van der Waals surface area contributed by atoms with Crippen LogP contribution in [0.1, 0.15) is 40.4 Å². The molecule has 2 atom stereocenters. The van der Waals surface area contributed by atoms with Crippen molar-refractivity contribution >= 4 is 5.78 Å². The summed E-state index contributed by atoms with van der Waals surface area (Å²) in [6.45, 7) is 0.326. The van der Waals surface area contributed by atoms with Gasteiger partial charge in [0.2, 0.25) is 0 Å². The standard InChI is InChI=1S/C13H17NO3/c14-7-6-12(16)13(17)10-3-1-2-9-8(10)4-5-11(9)15/h1-3,12-13,16-17H,4-7,14H2. The Kier molecular flexibility index (Phi) is 3.57. The van der Waals surface area contributed by atoms with Crippen LogP contribution in [-0.4, -0.2) is 28.6 Å². The second kappa shape index (κ2) is 4.96. The van der Waals surface area contributed by atoms with E-state index in [9.17, 15) is 15.0 Å². The largest absolute Gasteiger partial charge is 0.390 e. The molecular formula is C13H17NO3. The van der Waals surface area contributed by atoms with Gasteiger partial charge in [0.25, 0.3) is 0 Å². The quantitative estimate of drug-likeness (QED) is 0.712. The highest BCUT2D eigenvalue weighted by atomic mass is 16.3. The van der Waals surface area contributed by atoms with Crippen molar-refractivity contribution in [2.24, 2.45) is 5.73 Å². The highest BCUT2D eigenvalue weighted by Crippen LogP contribution is 2.30. The topological polar surface area (TPSA) is 83.6 Å². The molecule has 0 bridgehead atoms. The Hall–Kier alpha value is -1.23. The second-order valence-corrected chi connectivity index (χ2v) is 4.39. The Morgan fingerprint density at radius 3 is 2.76 bits per heavy atom. The number of fused-ring (bicyclic) bond motifs is 1. The summed E-state index contributed by atoms with van der Waals surface area (Å²) in [6, 6.07) is 5.29. The molecule has 0 aromatic heterocycles. The molecule has 0 saturated carbocycles. The lowest BCUT2D eigenvalue weighted by Gasteiger charge is -2.20. The molecule has 0 spiro atoms. The first-order valence-electron chi connectivity index (χ1n) is 5.86. The molecule has 0 heterocycles. The highest BCUT2D eigenvalue weighted by molar-refractivity contribution is 6.00. The fourth-order valence-electron chi connectivity index (χ4n) is 2.33. The number of carbonyl (C=O) groups excluding carboxylic acids is 1. The van der Waals surface area contributed by atoms with Crippen molar-refractivity contribution in [3.05, 3.63) is 34.9 Å². The lowest BCUT2D eigenvalue weighted by molar-refractivity contribution is 0.0145. The van der Waals surface area contributed by atoms with Crippen LogP contribution >= 0.6 is 0 Å². The Morgan fingerprint density at radius 2 is 2.06 bits per heavy atom. The predicted molar refractivity (Wildman–Crippen MR) is 63.7 cm³/mol. The van der Waals surface area contributed by atoms with Crippen molar-refractivity contribution < 1.29 is 15.0 Å². The van der Waals surface area contributed by atoms with Crippen LogP contribution in [0.3, 0.4) is 0 Å². The van der Waals surface area contributed by atoms with Gasteiger partial charge < -0.3 is 15.9 Å². The molecule has 4 N–H and O–H groups in total. The van der Waals surface area contributed by atoms with E-state index in [4.69, 9.17) is 5.73 Å². The van der Waals surface area contributed by atoms with Gasteiger partial charge in [0.1, 0.15) is 6.10 Å². The minimum Gasteiger partial charge on any atom is -0.390 e. The summed E-state index contributed by atoms with van der Waals surface area (Å²) in [5, 5.41) is 19.8. The van der Waals surface area contributed by atoms with Crippen molar-refractivity contribution in [2.75, 3.05) is 6.54 Å². The number of nitrogens with two attached hydrogens (primary N) is 1. The van der Waals surface area contributed by atoms with Crippen LogP contribution in [-0.2, 0) is 6.42 Å². The van der Waals surface area contributed by atoms with Gasteiger partial charge in [-0.1, -0.05) is 18.2 Å². The van der Waals surface area contributed by atoms with E-state index in [0.717, 1.165) is 5.56 Å². The maximum Gasteiger partial charge on any atom is 0.163 e. The summed E-state index contributed by atoms with van der Waals surface area (Å²) >= 11 is 0. The molecule has 1 aromatic rings. The molecule has 4 nitrogen and oxygen atoms in total. The second-order valence-electron chi connectivity index (χ2n) is 4.39. The molecule has 0 saturated heterocycles. The lowest BCUT2D eigenvalue weighted by Crippen LogP contribution is -2.22. The van der Waals surface area contributed by atoms with E-state index >= 15 is 0 Å². The maximum atomic E-state index is 11.6. The minimum atomic E-state index is -0.959. The van der Waals surface area contributed by atoms with E-state index in [2.05, 4.69) is 0 Å². The monoisotopic (exact) mass is 235 g/mol. The van der Waals surface area contributed by atoms with Gasteiger partial charge in [-0.05, 0) is 30.5 Å². The van der Waals surface area contributed by atoms with E-state index in [1.807, 2.05) is 0 Å². The number of carbonyl (C=O) groups is 1. The third-order valence-electron chi connectivity index (χ3n) is 3.26. The molecule has 4 heteroatoms. The minimum absolute atomic E-state index is 0.113. The molecule has 2 unspecified atom stereocenters. The number of rotatable bonds is 4. The number of aliphatic hydroxyl groups excluding tert-OH is 2. The van der Waals surface area contributed by atoms with Crippen LogP contribution in [0.4, 0.5) is 0 Å². The van der Waals surface area contributed by atoms with E-state index < -0.39 is 12.2 Å². The maximum absolute atomic E-state index is 11.6. The number of Topliss-reactive ketones (excluding diaryl/α,β-unsaturated/α-hetero) is 1. The number of hydrogen-bond donors (Lipinski definition) is 3. The first-order valence-corrected chi connectivity index (χ1v) is 5.86. The Morgan fingerprint density at radius 1 is 1.29 bits per heavy atom. The summed E-state index contributed by atoms with van der Waals surface area (Å²) in [5.74, 6) is 0.113. The molecule has 2 rings (SSSR count). The van der Waals surface area contributed by atoms with Crippen molar-refractivity contribution in [1.29, 1.82) is 0 Å². The predicted octanol–water partition coefficient (Wildman–Crippen LogP) is 0.559. The van der Waals surface area contributed by atoms with Crippen LogP contribution in [0.25, 0.3) is 0 Å². The normalized spacial score (nSPS) is 17.9. The molecule has 0 fully saturated rings. The van der Waals surface area contributed by atoms with Gasteiger partial charge in [0.15, 0.2) is 5.78 Å². The van der Waals surface area contributed by atoms with Crippen molar-refractivity contribution in [1.82, 2.24) is 0 Å². The van der Waals surface area contributed by atoms with E-state index in [1.165, 1.54) is 0 Å². The lowest BCUT2D eigenvalue weighted by atomic mass is 9.95. The number of hydrogen-bond acceptors (Lipinski definition) is 4. The van der Waals surface area contributed by atoms with Crippen molar-refractivity contribution in [2.45, 2.75) is 31.5 Å². The Balaban J connectivity index is 2.31. The Labute approximate surface area is 100 Å². The number of aliphatic hydroxyl groups is 2. The SMILES string of the molecule is NCCC(O)C(O)c1cccc2c1CCC2=O. The molecule has 92 valence electrons. The molecule has 1 aromatic carbocycles. The fraction of sp³-hybridized carbons (Fsp3) is 0.462. The fourth-order valence-corrected chi connectivity index (χ4v) is 2.33. The molecule has 1 aliphatic rings. The average Bonchev–Trinajstić information content (AvgIpc) is 2.71. The van der Waals surface area contributed by atoms with Crippen LogP contribution in [0, 0.1) is 0 Å². The van der Waals surface area contributed by atoms with Crippen LogP contribution in [0.15, 0.2) is 18.2 Å². The summed E-state index contributed by atoms with van der Waals surface area (Å²) in [5.41, 5.74) is 7.57. The average molecular weight is 235 g/mol. The zero-order chi connectivity index (χ0) is 12.4. The third-order valence-corrected chi connectivity index (χ3v) is 3.26. The van der Waals surface area contributed by atoms with Crippen molar-refractivity contribution in [3.8, 4) is 0 Å². The molecule has 0 radical (unpaired) electrons. The van der Waals surface area contributed by atoms with Gasteiger partial charge in [-0.15, -0.1) is 0 Å². The highest BCUT2D eigenvalue weighted by Gasteiger charge is 2.27. The van der Waals surface area contributed by atoms with Gasteiger partial charge in [0.05, 0.1) is 6.10 Å². The smallest absolute Gasteiger partial charge is 0.163 e. The summed E-state index contributed by atoms with van der Waals surface area (Å²) in [7, 11) is 0. The van der Waals surface area contributed by atoms with Gasteiger partial charge in [-0.2, -0.15) is 0 Å². The summed E-state index contributed by atoms with van der Waals surface area (Å²) in [4.78, 5) is 11.6. The Bertz CT molecular complexity index is 431. The van der Waals surface area contributed by atoms with Crippen LogP contribution in [0.5, 0.6) is 0 Å². The van der Waals surface area contributed by atoms with E-state index in [-0.39, 0.29) is 5.78 Å². The number of benzene rings is 1. The molecular weight excluding hydrogens is 218 g/mol. The summed E-state index contributed by atoms with van der Waals surface area (Å²) < 4.78 is 0. The van der Waals surface area contributed by atoms with Crippen LogP contribution in [0.2, 0.25) is 0 Å². The summed E-state index contributed by atoms with van der Waals surface area (Å²) in [6.07, 6.45) is -0.344.